The van der Waals surface area contributed by atoms with E-state index in [2.05, 4.69) is 5.32 Å². The van der Waals surface area contributed by atoms with Gasteiger partial charge in [-0.15, -0.1) is 0 Å². The van der Waals surface area contributed by atoms with Crippen molar-refractivity contribution in [2.45, 2.75) is 0 Å². The molecule has 0 unspecified atom stereocenters. The average molecular weight is 300 g/mol. The van der Waals surface area contributed by atoms with E-state index in [0.29, 0.717) is 16.3 Å². The van der Waals surface area contributed by atoms with Crippen LogP contribution in [0.1, 0.15) is 11.1 Å². The average Bonchev–Trinajstić information content (AvgIpc) is 3.03. The molecular weight excluding hydrogens is 290 g/mol. The Kier molecular flexibility index (Phi) is 2.65. The molecule has 0 aliphatic carbocycles. The van der Waals surface area contributed by atoms with Gasteiger partial charge in [-0.1, -0.05) is 23.7 Å². The number of carbonyl (C=O) groups is 1. The molecule has 2 aromatic rings. The Morgan fingerprint density at radius 1 is 1.10 bits per heavy atom. The Morgan fingerprint density at radius 3 is 2.86 bits per heavy atom. The minimum absolute atomic E-state index is 0.134. The largest absolute Gasteiger partial charge is 0.454 e. The van der Waals surface area contributed by atoms with Crippen LogP contribution >= 0.6 is 11.6 Å². The first kappa shape index (κ1) is 12.3. The van der Waals surface area contributed by atoms with Crippen LogP contribution in [0.25, 0.3) is 11.6 Å². The Labute approximate surface area is 125 Å². The van der Waals surface area contributed by atoms with Gasteiger partial charge in [0.1, 0.15) is 0 Å². The van der Waals surface area contributed by atoms with Crippen LogP contribution in [0, 0.1) is 0 Å². The fourth-order valence-corrected chi connectivity index (χ4v) is 2.65. The number of benzene rings is 2. The SMILES string of the molecule is O=C1Nc2cc(Cl)ccc2C1=Cc1ccc2c(c1)OCO2. The molecule has 0 bridgehead atoms. The highest BCUT2D eigenvalue weighted by molar-refractivity contribution is 6.36. The van der Waals surface area contributed by atoms with Gasteiger partial charge in [0, 0.05) is 16.2 Å². The highest BCUT2D eigenvalue weighted by Gasteiger charge is 2.24. The second-order valence-electron chi connectivity index (χ2n) is 4.81. The lowest BCUT2D eigenvalue weighted by atomic mass is 10.0. The van der Waals surface area contributed by atoms with Crippen molar-refractivity contribution < 1.29 is 14.3 Å². The highest BCUT2D eigenvalue weighted by Crippen LogP contribution is 2.37. The van der Waals surface area contributed by atoms with Crippen LogP contribution < -0.4 is 14.8 Å². The monoisotopic (exact) mass is 299 g/mol. The predicted octanol–water partition coefficient (Wildman–Crippen LogP) is 3.56. The zero-order valence-electron chi connectivity index (χ0n) is 10.9. The molecular formula is C16H10ClNO3. The summed E-state index contributed by atoms with van der Waals surface area (Å²) in [5.74, 6) is 1.28. The summed E-state index contributed by atoms with van der Waals surface area (Å²) in [6.07, 6.45) is 1.83. The van der Waals surface area contributed by atoms with Crippen molar-refractivity contribution in [1.82, 2.24) is 0 Å². The molecule has 2 aromatic carbocycles. The van der Waals surface area contributed by atoms with Crippen molar-refractivity contribution >= 4 is 34.8 Å². The van der Waals surface area contributed by atoms with Gasteiger partial charge in [-0.2, -0.15) is 0 Å². The lowest BCUT2D eigenvalue weighted by Crippen LogP contribution is -2.03. The molecule has 4 nitrogen and oxygen atoms in total. The summed E-state index contributed by atoms with van der Waals surface area (Å²) in [7, 11) is 0. The lowest BCUT2D eigenvalue weighted by molar-refractivity contribution is -0.110. The van der Waals surface area contributed by atoms with E-state index < -0.39 is 0 Å². The fourth-order valence-electron chi connectivity index (χ4n) is 2.48. The molecule has 0 spiro atoms. The summed E-state index contributed by atoms with van der Waals surface area (Å²) in [5.41, 5.74) is 3.08. The number of hydrogen-bond acceptors (Lipinski definition) is 3. The Morgan fingerprint density at radius 2 is 1.95 bits per heavy atom. The third-order valence-corrected chi connectivity index (χ3v) is 3.71. The summed E-state index contributed by atoms with van der Waals surface area (Å²) >= 11 is 5.94. The summed E-state index contributed by atoms with van der Waals surface area (Å²) in [6, 6.07) is 10.9. The Hall–Kier alpha value is -2.46. The normalized spacial score (nSPS) is 17.0. The number of carbonyl (C=O) groups excluding carboxylic acids is 1. The molecule has 0 saturated heterocycles. The van der Waals surface area contributed by atoms with E-state index in [1.807, 2.05) is 30.3 Å². The number of nitrogens with one attached hydrogen (secondary N) is 1. The third kappa shape index (κ3) is 2.04. The number of ether oxygens (including phenoxy) is 2. The molecule has 104 valence electrons. The summed E-state index contributed by atoms with van der Waals surface area (Å²) in [4.78, 5) is 12.1. The second kappa shape index (κ2) is 4.53. The van der Waals surface area contributed by atoms with Crippen LogP contribution in [0.2, 0.25) is 5.02 Å². The van der Waals surface area contributed by atoms with Crippen LogP contribution in [0.5, 0.6) is 11.5 Å². The summed E-state index contributed by atoms with van der Waals surface area (Å²) in [5, 5.41) is 3.41. The Bertz CT molecular complexity index is 798. The first-order chi connectivity index (χ1) is 10.2. The summed E-state index contributed by atoms with van der Waals surface area (Å²) < 4.78 is 10.6. The topological polar surface area (TPSA) is 47.6 Å². The van der Waals surface area contributed by atoms with Gasteiger partial charge in [-0.05, 0) is 35.9 Å². The van der Waals surface area contributed by atoms with E-state index in [-0.39, 0.29) is 12.7 Å². The lowest BCUT2D eigenvalue weighted by Gasteiger charge is -2.01. The van der Waals surface area contributed by atoms with E-state index in [0.717, 1.165) is 22.6 Å². The molecule has 2 aliphatic rings. The van der Waals surface area contributed by atoms with E-state index in [9.17, 15) is 4.79 Å². The van der Waals surface area contributed by atoms with E-state index in [1.54, 1.807) is 12.1 Å². The van der Waals surface area contributed by atoms with Crippen molar-refractivity contribution in [3.8, 4) is 11.5 Å². The predicted molar refractivity (Wildman–Crippen MR) is 80.5 cm³/mol. The smallest absolute Gasteiger partial charge is 0.256 e. The number of anilines is 1. The van der Waals surface area contributed by atoms with Crippen LogP contribution in [0.3, 0.4) is 0 Å². The minimum Gasteiger partial charge on any atom is -0.454 e. The van der Waals surface area contributed by atoms with E-state index in [1.165, 1.54) is 0 Å². The molecule has 5 heteroatoms. The van der Waals surface area contributed by atoms with Crippen molar-refractivity contribution in [2.75, 3.05) is 12.1 Å². The number of amides is 1. The van der Waals surface area contributed by atoms with Gasteiger partial charge in [0.25, 0.3) is 5.91 Å². The number of hydrogen-bond donors (Lipinski definition) is 1. The van der Waals surface area contributed by atoms with Crippen LogP contribution in [-0.4, -0.2) is 12.7 Å². The first-order valence-electron chi connectivity index (χ1n) is 6.43. The minimum atomic E-state index is -0.134. The molecule has 2 aliphatic heterocycles. The molecule has 1 N–H and O–H groups in total. The molecule has 0 fully saturated rings. The zero-order valence-corrected chi connectivity index (χ0v) is 11.6. The van der Waals surface area contributed by atoms with Crippen LogP contribution in [-0.2, 0) is 4.79 Å². The molecule has 4 rings (SSSR count). The van der Waals surface area contributed by atoms with E-state index in [4.69, 9.17) is 21.1 Å². The van der Waals surface area contributed by atoms with E-state index >= 15 is 0 Å². The van der Waals surface area contributed by atoms with Crippen molar-refractivity contribution in [3.05, 3.63) is 52.5 Å². The third-order valence-electron chi connectivity index (χ3n) is 3.47. The molecule has 0 saturated carbocycles. The number of halogens is 1. The number of fused-ring (bicyclic) bond motifs is 2. The molecule has 1 amide bonds. The maximum Gasteiger partial charge on any atom is 0.256 e. The van der Waals surface area contributed by atoms with Gasteiger partial charge in [-0.3, -0.25) is 4.79 Å². The van der Waals surface area contributed by atoms with Crippen molar-refractivity contribution in [1.29, 1.82) is 0 Å². The van der Waals surface area contributed by atoms with Crippen LogP contribution in [0.15, 0.2) is 36.4 Å². The maximum absolute atomic E-state index is 12.1. The van der Waals surface area contributed by atoms with Gasteiger partial charge in [0.15, 0.2) is 11.5 Å². The number of rotatable bonds is 1. The van der Waals surface area contributed by atoms with Gasteiger partial charge >= 0.3 is 0 Å². The molecule has 0 atom stereocenters. The zero-order chi connectivity index (χ0) is 14.4. The molecule has 21 heavy (non-hydrogen) atoms. The first-order valence-corrected chi connectivity index (χ1v) is 6.81. The van der Waals surface area contributed by atoms with Gasteiger partial charge < -0.3 is 14.8 Å². The second-order valence-corrected chi connectivity index (χ2v) is 5.25. The van der Waals surface area contributed by atoms with Gasteiger partial charge in [0.2, 0.25) is 6.79 Å². The fraction of sp³-hybridized carbons (Fsp3) is 0.0625. The maximum atomic E-state index is 12.1. The summed E-state index contributed by atoms with van der Waals surface area (Å²) in [6.45, 7) is 0.233. The van der Waals surface area contributed by atoms with Crippen molar-refractivity contribution in [3.63, 3.8) is 0 Å². The Balaban J connectivity index is 1.78. The standard InChI is InChI=1S/C16H10ClNO3/c17-10-2-3-11-12(16(19)18-13(11)7-10)5-9-1-4-14-15(6-9)21-8-20-14/h1-7H,8H2,(H,18,19). The van der Waals surface area contributed by atoms with Crippen LogP contribution in [0.4, 0.5) is 5.69 Å². The molecule has 2 heterocycles. The van der Waals surface area contributed by atoms with Gasteiger partial charge in [0.05, 0.1) is 5.69 Å². The van der Waals surface area contributed by atoms with Gasteiger partial charge in [-0.25, -0.2) is 0 Å². The quantitative estimate of drug-likeness (QED) is 0.819. The molecule has 0 radical (unpaired) electrons. The molecule has 0 aromatic heterocycles. The van der Waals surface area contributed by atoms with Crippen molar-refractivity contribution in [2.24, 2.45) is 0 Å². The highest BCUT2D eigenvalue weighted by atomic mass is 35.5.